The van der Waals surface area contributed by atoms with Crippen LogP contribution in [-0.4, -0.2) is 17.2 Å². The molecule has 0 saturated heterocycles. The molecule has 1 N–H and O–H groups in total. The van der Waals surface area contributed by atoms with Crippen LogP contribution in [0.2, 0.25) is 0 Å². The number of phenols is 1. The van der Waals surface area contributed by atoms with Gasteiger partial charge in [-0.1, -0.05) is 13.8 Å². The quantitative estimate of drug-likeness (QED) is 0.873. The summed E-state index contributed by atoms with van der Waals surface area (Å²) in [5, 5.41) is 9.34. The van der Waals surface area contributed by atoms with Crippen molar-refractivity contribution in [2.45, 2.75) is 20.4 Å². The number of benzene rings is 1. The fourth-order valence-electron chi connectivity index (χ4n) is 2.18. The number of phenolic OH excluding ortho intramolecular Hbond substituents is 1. The number of Topliss-reactive ketones (excluding diaryl/α,β-unsaturated/α-hetero) is 1. The molecule has 0 amide bonds. The van der Waals surface area contributed by atoms with Crippen molar-refractivity contribution in [2.24, 2.45) is 10.9 Å². The van der Waals surface area contributed by atoms with E-state index in [-0.39, 0.29) is 17.5 Å². The summed E-state index contributed by atoms with van der Waals surface area (Å²) in [5.41, 5.74) is 1.85. The Bertz CT molecular complexity index is 702. The molecular formula is C16H16N2O2S. The topological polar surface area (TPSA) is 52.9 Å². The third-order valence-electron chi connectivity index (χ3n) is 3.39. The fourth-order valence-corrected chi connectivity index (χ4v) is 3.37. The van der Waals surface area contributed by atoms with Crippen LogP contribution < -0.4 is 4.90 Å². The molecule has 3 rings (SSSR count). The zero-order valence-corrected chi connectivity index (χ0v) is 12.7. The summed E-state index contributed by atoms with van der Waals surface area (Å²) in [5.74, 6) is 0.414. The van der Waals surface area contributed by atoms with Gasteiger partial charge in [-0.05, 0) is 30.3 Å². The van der Waals surface area contributed by atoms with Gasteiger partial charge in [-0.15, -0.1) is 11.3 Å². The molecule has 2 aromatic rings. The van der Waals surface area contributed by atoms with E-state index in [2.05, 4.69) is 4.99 Å². The van der Waals surface area contributed by atoms with Gasteiger partial charge < -0.3 is 10.0 Å². The number of thiophene rings is 1. The Kier molecular flexibility index (Phi) is 3.51. The lowest BCUT2D eigenvalue weighted by molar-refractivity contribution is 0.0943. The molecule has 0 unspecified atom stereocenters. The standard InChI is InChI=1S/C16H16N2O2S/c1-10(2)16(20)14-7-13-15(21-14)8-18(9-17-13)11-3-5-12(19)6-4-11/h3-7,9-10,19H,8H2,1-2H3. The summed E-state index contributed by atoms with van der Waals surface area (Å²) >= 11 is 1.52. The summed E-state index contributed by atoms with van der Waals surface area (Å²) in [6.45, 7) is 4.51. The summed E-state index contributed by atoms with van der Waals surface area (Å²) in [4.78, 5) is 20.4. The Morgan fingerprint density at radius 3 is 2.71 bits per heavy atom. The second-order valence-corrected chi connectivity index (χ2v) is 6.46. The molecule has 0 bridgehead atoms. The highest BCUT2D eigenvalue weighted by atomic mass is 32.1. The first-order chi connectivity index (χ1) is 10.0. The third-order valence-corrected chi connectivity index (χ3v) is 4.51. The molecule has 4 nitrogen and oxygen atoms in total. The Balaban J connectivity index is 1.85. The first kappa shape index (κ1) is 13.8. The normalized spacial score (nSPS) is 13.6. The monoisotopic (exact) mass is 300 g/mol. The van der Waals surface area contributed by atoms with Crippen LogP contribution in [0.4, 0.5) is 11.4 Å². The van der Waals surface area contributed by atoms with Gasteiger partial charge >= 0.3 is 0 Å². The molecule has 108 valence electrons. The molecule has 0 saturated carbocycles. The second-order valence-electron chi connectivity index (χ2n) is 5.33. The summed E-state index contributed by atoms with van der Waals surface area (Å²) in [6, 6.07) is 8.88. The smallest absolute Gasteiger partial charge is 0.175 e. The largest absolute Gasteiger partial charge is 0.508 e. The summed E-state index contributed by atoms with van der Waals surface area (Å²) in [7, 11) is 0. The van der Waals surface area contributed by atoms with Crippen LogP contribution in [0.15, 0.2) is 35.3 Å². The van der Waals surface area contributed by atoms with E-state index >= 15 is 0 Å². The molecule has 1 aromatic heterocycles. The van der Waals surface area contributed by atoms with E-state index in [4.69, 9.17) is 0 Å². The maximum Gasteiger partial charge on any atom is 0.175 e. The number of aliphatic imine (C=N–C) groups is 1. The second kappa shape index (κ2) is 5.33. The fraction of sp³-hybridized carbons (Fsp3) is 0.250. The highest BCUT2D eigenvalue weighted by Gasteiger charge is 2.20. The summed E-state index contributed by atoms with van der Waals surface area (Å²) < 4.78 is 0. The Hall–Kier alpha value is -2.14. The minimum absolute atomic E-state index is 0.00212. The minimum Gasteiger partial charge on any atom is -0.508 e. The zero-order valence-electron chi connectivity index (χ0n) is 11.9. The number of aromatic hydroxyl groups is 1. The minimum atomic E-state index is 0.00212. The van der Waals surface area contributed by atoms with E-state index in [0.29, 0.717) is 6.54 Å². The van der Waals surface area contributed by atoms with Gasteiger partial charge in [0, 0.05) is 11.6 Å². The van der Waals surface area contributed by atoms with Crippen molar-refractivity contribution in [1.82, 2.24) is 0 Å². The van der Waals surface area contributed by atoms with E-state index in [1.54, 1.807) is 18.5 Å². The number of hydrogen-bond acceptors (Lipinski definition) is 5. The average Bonchev–Trinajstić information content (AvgIpc) is 2.89. The maximum atomic E-state index is 12.1. The van der Waals surface area contributed by atoms with Crippen LogP contribution in [0.5, 0.6) is 5.75 Å². The molecule has 0 atom stereocenters. The molecule has 2 heterocycles. The molecule has 0 spiro atoms. The lowest BCUT2D eigenvalue weighted by atomic mass is 10.1. The molecule has 1 aliphatic rings. The zero-order chi connectivity index (χ0) is 15.0. The van der Waals surface area contributed by atoms with E-state index in [9.17, 15) is 9.90 Å². The van der Waals surface area contributed by atoms with E-state index in [1.165, 1.54) is 11.3 Å². The van der Waals surface area contributed by atoms with Crippen molar-refractivity contribution in [3.8, 4) is 5.75 Å². The van der Waals surface area contributed by atoms with Crippen molar-refractivity contribution in [3.05, 3.63) is 40.1 Å². The van der Waals surface area contributed by atoms with E-state index in [1.807, 2.05) is 36.9 Å². The van der Waals surface area contributed by atoms with Gasteiger partial charge in [0.1, 0.15) is 5.75 Å². The first-order valence-electron chi connectivity index (χ1n) is 6.81. The van der Waals surface area contributed by atoms with Crippen LogP contribution in [0, 0.1) is 5.92 Å². The van der Waals surface area contributed by atoms with Gasteiger partial charge in [0.25, 0.3) is 0 Å². The number of carbonyl (C=O) groups is 1. The predicted octanol–water partition coefficient (Wildman–Crippen LogP) is 3.97. The van der Waals surface area contributed by atoms with E-state index < -0.39 is 0 Å². The SMILES string of the molecule is CC(C)C(=O)c1cc2c(s1)CN(c1ccc(O)cc1)C=N2. The van der Waals surface area contributed by atoms with Gasteiger partial charge in [-0.3, -0.25) is 4.79 Å². The Morgan fingerprint density at radius 2 is 2.05 bits per heavy atom. The third kappa shape index (κ3) is 2.69. The number of nitrogens with zero attached hydrogens (tertiary/aromatic N) is 2. The van der Waals surface area contributed by atoms with Crippen molar-refractivity contribution < 1.29 is 9.90 Å². The van der Waals surface area contributed by atoms with Crippen molar-refractivity contribution in [1.29, 1.82) is 0 Å². The van der Waals surface area contributed by atoms with Gasteiger partial charge in [-0.25, -0.2) is 4.99 Å². The number of hydrogen-bond donors (Lipinski definition) is 1. The first-order valence-corrected chi connectivity index (χ1v) is 7.63. The number of anilines is 1. The van der Waals surface area contributed by atoms with Gasteiger partial charge in [0.2, 0.25) is 0 Å². The number of ketones is 1. The number of rotatable bonds is 3. The van der Waals surface area contributed by atoms with Crippen LogP contribution in [0.3, 0.4) is 0 Å². The van der Waals surface area contributed by atoms with Crippen molar-refractivity contribution in [3.63, 3.8) is 0 Å². The Morgan fingerprint density at radius 1 is 1.33 bits per heavy atom. The number of fused-ring (bicyclic) bond motifs is 1. The van der Waals surface area contributed by atoms with Crippen molar-refractivity contribution >= 4 is 34.8 Å². The lowest BCUT2D eigenvalue weighted by Gasteiger charge is -2.22. The van der Waals surface area contributed by atoms with E-state index in [0.717, 1.165) is 21.1 Å². The van der Waals surface area contributed by atoms with Crippen LogP contribution in [0.25, 0.3) is 0 Å². The van der Waals surface area contributed by atoms with Gasteiger partial charge in [0.15, 0.2) is 5.78 Å². The molecule has 1 aliphatic heterocycles. The maximum absolute atomic E-state index is 12.1. The van der Waals surface area contributed by atoms with Crippen LogP contribution in [0.1, 0.15) is 28.4 Å². The molecular weight excluding hydrogens is 284 g/mol. The molecule has 21 heavy (non-hydrogen) atoms. The highest BCUT2D eigenvalue weighted by Crippen LogP contribution is 2.35. The molecule has 0 fully saturated rings. The molecule has 0 radical (unpaired) electrons. The van der Waals surface area contributed by atoms with Crippen molar-refractivity contribution in [2.75, 3.05) is 4.90 Å². The average molecular weight is 300 g/mol. The highest BCUT2D eigenvalue weighted by molar-refractivity contribution is 7.14. The van der Waals surface area contributed by atoms with Gasteiger partial charge in [0.05, 0.1) is 28.3 Å². The number of carbonyl (C=O) groups excluding carboxylic acids is 1. The van der Waals surface area contributed by atoms with Crippen LogP contribution in [-0.2, 0) is 6.54 Å². The molecule has 5 heteroatoms. The van der Waals surface area contributed by atoms with Crippen LogP contribution >= 0.6 is 11.3 Å². The lowest BCUT2D eigenvalue weighted by Crippen LogP contribution is -2.22. The molecule has 1 aromatic carbocycles. The summed E-state index contributed by atoms with van der Waals surface area (Å²) in [6.07, 6.45) is 1.77. The molecule has 0 aliphatic carbocycles. The van der Waals surface area contributed by atoms with Gasteiger partial charge in [-0.2, -0.15) is 0 Å². The Labute approximate surface area is 127 Å². The predicted molar refractivity (Wildman–Crippen MR) is 85.9 cm³/mol.